The van der Waals surface area contributed by atoms with Gasteiger partial charge in [-0.3, -0.25) is 9.88 Å². The first-order valence-corrected chi connectivity index (χ1v) is 7.90. The third-order valence-corrected chi connectivity index (χ3v) is 4.10. The minimum Gasteiger partial charge on any atom is -0.375 e. The first-order chi connectivity index (χ1) is 11.5. The van der Waals surface area contributed by atoms with E-state index in [2.05, 4.69) is 9.88 Å². The molecule has 3 nitrogen and oxygen atoms in total. The molecular formula is C18H19F3N2O. The number of halogens is 3. The summed E-state index contributed by atoms with van der Waals surface area (Å²) >= 11 is 0. The summed E-state index contributed by atoms with van der Waals surface area (Å²) in [6.45, 7) is 2.92. The molecule has 1 aromatic carbocycles. The number of benzene rings is 1. The van der Waals surface area contributed by atoms with E-state index < -0.39 is 11.7 Å². The van der Waals surface area contributed by atoms with E-state index in [1.54, 1.807) is 18.5 Å². The Balaban J connectivity index is 1.61. The van der Waals surface area contributed by atoms with Crippen LogP contribution in [0.15, 0.2) is 48.8 Å². The van der Waals surface area contributed by atoms with Gasteiger partial charge in [0, 0.05) is 32.0 Å². The molecule has 24 heavy (non-hydrogen) atoms. The van der Waals surface area contributed by atoms with Crippen LogP contribution in [0.25, 0.3) is 0 Å². The lowest BCUT2D eigenvalue weighted by Gasteiger charge is -2.33. The van der Waals surface area contributed by atoms with E-state index in [-0.39, 0.29) is 6.10 Å². The fraction of sp³-hybridized carbons (Fsp3) is 0.389. The first kappa shape index (κ1) is 16.9. The highest BCUT2D eigenvalue weighted by molar-refractivity contribution is 5.26. The van der Waals surface area contributed by atoms with Gasteiger partial charge < -0.3 is 4.74 Å². The third-order valence-electron chi connectivity index (χ3n) is 4.10. The van der Waals surface area contributed by atoms with Gasteiger partial charge in [0.05, 0.1) is 18.3 Å². The van der Waals surface area contributed by atoms with Crippen molar-refractivity contribution in [3.8, 4) is 0 Å². The number of nitrogens with zero attached hydrogens (tertiary/aromatic N) is 2. The zero-order chi connectivity index (χ0) is 17.0. The van der Waals surface area contributed by atoms with Crippen LogP contribution in [0, 0.1) is 0 Å². The van der Waals surface area contributed by atoms with Crippen molar-refractivity contribution in [1.82, 2.24) is 9.88 Å². The number of ether oxygens (including phenoxy) is 1. The average Bonchev–Trinajstić information content (AvgIpc) is 2.56. The first-order valence-electron chi connectivity index (χ1n) is 7.90. The molecule has 1 aliphatic heterocycles. The largest absolute Gasteiger partial charge is 0.416 e. The predicted octanol–water partition coefficient (Wildman–Crippen LogP) is 3.54. The molecule has 0 aliphatic carbocycles. The second-order valence-corrected chi connectivity index (χ2v) is 5.99. The van der Waals surface area contributed by atoms with Gasteiger partial charge in [-0.25, -0.2) is 0 Å². The normalized spacial score (nSPS) is 19.4. The van der Waals surface area contributed by atoms with Crippen LogP contribution in [0.4, 0.5) is 13.2 Å². The molecule has 6 heteroatoms. The van der Waals surface area contributed by atoms with E-state index >= 15 is 0 Å². The maximum atomic E-state index is 12.8. The van der Waals surface area contributed by atoms with Crippen LogP contribution < -0.4 is 0 Å². The maximum Gasteiger partial charge on any atom is 0.416 e. The summed E-state index contributed by atoms with van der Waals surface area (Å²) in [6, 6.07) is 9.43. The molecule has 0 amide bonds. The van der Waals surface area contributed by atoms with Crippen molar-refractivity contribution in [1.29, 1.82) is 0 Å². The van der Waals surface area contributed by atoms with E-state index in [0.29, 0.717) is 25.1 Å². The Morgan fingerprint density at radius 1 is 1.12 bits per heavy atom. The van der Waals surface area contributed by atoms with Crippen LogP contribution in [-0.4, -0.2) is 35.7 Å². The molecule has 2 aromatic rings. The lowest BCUT2D eigenvalue weighted by Crippen LogP contribution is -2.42. The van der Waals surface area contributed by atoms with Crippen LogP contribution in [0.1, 0.15) is 16.7 Å². The Morgan fingerprint density at radius 2 is 1.92 bits per heavy atom. The highest BCUT2D eigenvalue weighted by atomic mass is 19.4. The zero-order valence-corrected chi connectivity index (χ0v) is 13.2. The van der Waals surface area contributed by atoms with Crippen LogP contribution >= 0.6 is 0 Å². The number of pyridine rings is 1. The zero-order valence-electron chi connectivity index (χ0n) is 13.2. The van der Waals surface area contributed by atoms with Gasteiger partial charge in [0.1, 0.15) is 0 Å². The van der Waals surface area contributed by atoms with Crippen molar-refractivity contribution in [3.05, 3.63) is 65.5 Å². The highest BCUT2D eigenvalue weighted by Gasteiger charge is 2.30. The standard InChI is InChI=1S/C18H19F3N2O/c19-18(20,21)16-3-1-2-15(10-16)11-17-13-23(8-9-24-17)12-14-4-6-22-7-5-14/h1-7,10,17H,8-9,11-13H2. The Hall–Kier alpha value is -1.92. The van der Waals surface area contributed by atoms with E-state index in [1.165, 1.54) is 17.7 Å². The smallest absolute Gasteiger partial charge is 0.375 e. The summed E-state index contributed by atoms with van der Waals surface area (Å²) in [5, 5.41) is 0. The number of hydrogen-bond acceptors (Lipinski definition) is 3. The van der Waals surface area contributed by atoms with Crippen molar-refractivity contribution >= 4 is 0 Å². The molecule has 0 radical (unpaired) electrons. The molecule has 0 spiro atoms. The maximum absolute atomic E-state index is 12.8. The van der Waals surface area contributed by atoms with Gasteiger partial charge >= 0.3 is 6.18 Å². The van der Waals surface area contributed by atoms with Crippen molar-refractivity contribution in [3.63, 3.8) is 0 Å². The summed E-state index contributed by atoms with van der Waals surface area (Å²) < 4.78 is 44.2. The molecule has 0 saturated carbocycles. The van der Waals surface area contributed by atoms with Crippen molar-refractivity contribution < 1.29 is 17.9 Å². The van der Waals surface area contributed by atoms with E-state index in [4.69, 9.17) is 4.74 Å². The fourth-order valence-corrected chi connectivity index (χ4v) is 2.93. The quantitative estimate of drug-likeness (QED) is 0.854. The summed E-state index contributed by atoms with van der Waals surface area (Å²) in [7, 11) is 0. The molecular weight excluding hydrogens is 317 g/mol. The minimum atomic E-state index is -4.31. The molecule has 1 aliphatic rings. The highest BCUT2D eigenvalue weighted by Crippen LogP contribution is 2.30. The molecule has 1 fully saturated rings. The Kier molecular flexibility index (Phi) is 5.16. The van der Waals surface area contributed by atoms with Crippen LogP contribution in [0.2, 0.25) is 0 Å². The molecule has 1 unspecified atom stereocenters. The molecule has 1 aromatic heterocycles. The van der Waals surface area contributed by atoms with Gasteiger partial charge in [0.2, 0.25) is 0 Å². The Bertz CT molecular complexity index is 661. The van der Waals surface area contributed by atoms with E-state index in [9.17, 15) is 13.2 Å². The second kappa shape index (κ2) is 7.32. The lowest BCUT2D eigenvalue weighted by atomic mass is 10.0. The summed E-state index contributed by atoms with van der Waals surface area (Å²) in [5.41, 5.74) is 1.22. The van der Waals surface area contributed by atoms with Gasteiger partial charge in [-0.05, 0) is 35.7 Å². The topological polar surface area (TPSA) is 25.4 Å². The van der Waals surface area contributed by atoms with Gasteiger partial charge in [-0.15, -0.1) is 0 Å². The molecule has 0 bridgehead atoms. The lowest BCUT2D eigenvalue weighted by molar-refractivity contribution is -0.137. The van der Waals surface area contributed by atoms with Crippen molar-refractivity contribution in [2.45, 2.75) is 25.2 Å². The van der Waals surface area contributed by atoms with Gasteiger partial charge in [0.15, 0.2) is 0 Å². The number of rotatable bonds is 4. The predicted molar refractivity (Wildman–Crippen MR) is 84.4 cm³/mol. The molecule has 1 atom stereocenters. The number of alkyl halides is 3. The minimum absolute atomic E-state index is 0.0935. The molecule has 128 valence electrons. The third kappa shape index (κ3) is 4.55. The monoisotopic (exact) mass is 336 g/mol. The van der Waals surface area contributed by atoms with E-state index in [0.717, 1.165) is 19.2 Å². The second-order valence-electron chi connectivity index (χ2n) is 5.99. The molecule has 3 rings (SSSR count). The SMILES string of the molecule is FC(F)(F)c1cccc(CC2CN(Cc3ccncc3)CCO2)c1. The molecule has 0 N–H and O–H groups in total. The Morgan fingerprint density at radius 3 is 2.67 bits per heavy atom. The molecule has 2 heterocycles. The summed E-state index contributed by atoms with van der Waals surface area (Å²) in [4.78, 5) is 6.26. The van der Waals surface area contributed by atoms with Gasteiger partial charge in [0.25, 0.3) is 0 Å². The van der Waals surface area contributed by atoms with E-state index in [1.807, 2.05) is 12.1 Å². The Labute approximate surface area is 139 Å². The van der Waals surface area contributed by atoms with Gasteiger partial charge in [-0.2, -0.15) is 13.2 Å². The fourth-order valence-electron chi connectivity index (χ4n) is 2.93. The van der Waals surface area contributed by atoms with Gasteiger partial charge in [-0.1, -0.05) is 18.2 Å². The van der Waals surface area contributed by atoms with Crippen LogP contribution in [0.5, 0.6) is 0 Å². The van der Waals surface area contributed by atoms with Crippen molar-refractivity contribution in [2.24, 2.45) is 0 Å². The van der Waals surface area contributed by atoms with Crippen LogP contribution in [0.3, 0.4) is 0 Å². The van der Waals surface area contributed by atoms with Crippen LogP contribution in [-0.2, 0) is 23.9 Å². The number of morpholine rings is 1. The summed E-state index contributed by atoms with van der Waals surface area (Å²) in [5.74, 6) is 0. The summed E-state index contributed by atoms with van der Waals surface area (Å²) in [6.07, 6.45) is -0.400. The number of aromatic nitrogens is 1. The number of hydrogen-bond donors (Lipinski definition) is 0. The average molecular weight is 336 g/mol. The molecule has 1 saturated heterocycles. The van der Waals surface area contributed by atoms with Crippen molar-refractivity contribution in [2.75, 3.05) is 19.7 Å².